The number of nitriles is 1. The SMILES string of the molecule is CC(C)C/C=C(\C#N)C(=O)C(C)(C)C. The van der Waals surface area contributed by atoms with Gasteiger partial charge in [-0.25, -0.2) is 0 Å². The molecule has 14 heavy (non-hydrogen) atoms. The van der Waals surface area contributed by atoms with E-state index >= 15 is 0 Å². The van der Waals surface area contributed by atoms with E-state index in [0.717, 1.165) is 6.42 Å². The fourth-order valence-electron chi connectivity index (χ4n) is 0.947. The summed E-state index contributed by atoms with van der Waals surface area (Å²) in [6.45, 7) is 9.61. The first-order valence-corrected chi connectivity index (χ1v) is 4.94. The smallest absolute Gasteiger partial charge is 0.178 e. The number of allylic oxidation sites excluding steroid dienone is 2. The van der Waals surface area contributed by atoms with Crippen LogP contribution >= 0.6 is 0 Å². The van der Waals surface area contributed by atoms with E-state index in [1.165, 1.54) is 0 Å². The highest BCUT2D eigenvalue weighted by atomic mass is 16.1. The van der Waals surface area contributed by atoms with E-state index in [2.05, 4.69) is 13.8 Å². The Morgan fingerprint density at radius 2 is 1.93 bits per heavy atom. The number of hydrogen-bond acceptors (Lipinski definition) is 2. The molecule has 0 heterocycles. The second kappa shape index (κ2) is 4.95. The van der Waals surface area contributed by atoms with Gasteiger partial charge in [0.2, 0.25) is 0 Å². The standard InChI is InChI=1S/C12H19NO/c1-9(2)6-7-10(8-13)11(14)12(3,4)5/h7,9H,6H2,1-5H3/b10-7+. The normalized spacial score (nSPS) is 12.8. The Morgan fingerprint density at radius 3 is 2.21 bits per heavy atom. The Bertz CT molecular complexity index is 274. The molecule has 0 fully saturated rings. The molecule has 0 spiro atoms. The zero-order valence-corrected chi connectivity index (χ0v) is 9.72. The van der Waals surface area contributed by atoms with Crippen LogP contribution in [-0.2, 0) is 4.79 Å². The molecule has 2 heteroatoms. The number of ketones is 1. The van der Waals surface area contributed by atoms with Gasteiger partial charge in [0.05, 0.1) is 5.57 Å². The first-order valence-electron chi connectivity index (χ1n) is 4.94. The molecule has 0 aliphatic rings. The number of carbonyl (C=O) groups excluding carboxylic acids is 1. The third kappa shape index (κ3) is 4.23. The summed E-state index contributed by atoms with van der Waals surface area (Å²) >= 11 is 0. The summed E-state index contributed by atoms with van der Waals surface area (Å²) in [5.74, 6) is 0.409. The maximum Gasteiger partial charge on any atom is 0.178 e. The van der Waals surface area contributed by atoms with E-state index in [4.69, 9.17) is 5.26 Å². The van der Waals surface area contributed by atoms with Crippen molar-refractivity contribution in [3.63, 3.8) is 0 Å². The summed E-state index contributed by atoms with van der Waals surface area (Å²) in [6.07, 6.45) is 2.53. The second-order valence-corrected chi connectivity index (χ2v) is 4.94. The third-order valence-corrected chi connectivity index (χ3v) is 1.84. The molecular weight excluding hydrogens is 174 g/mol. The zero-order chi connectivity index (χ0) is 11.4. The van der Waals surface area contributed by atoms with Gasteiger partial charge in [-0.2, -0.15) is 5.26 Å². The number of Topliss-reactive ketones (excluding diaryl/α,β-unsaturated/α-hetero) is 1. The molecule has 0 N–H and O–H groups in total. The Labute approximate surface area is 86.6 Å². The van der Waals surface area contributed by atoms with Gasteiger partial charge in [-0.1, -0.05) is 40.7 Å². The van der Waals surface area contributed by atoms with E-state index in [1.807, 2.05) is 26.8 Å². The summed E-state index contributed by atoms with van der Waals surface area (Å²) in [6, 6.07) is 1.98. The van der Waals surface area contributed by atoms with Gasteiger partial charge in [0.25, 0.3) is 0 Å². The van der Waals surface area contributed by atoms with Crippen molar-refractivity contribution >= 4 is 5.78 Å². The Morgan fingerprint density at radius 1 is 1.43 bits per heavy atom. The Balaban J connectivity index is 4.68. The molecule has 0 rings (SSSR count). The number of nitrogens with zero attached hydrogens (tertiary/aromatic N) is 1. The van der Waals surface area contributed by atoms with E-state index in [0.29, 0.717) is 11.5 Å². The molecule has 0 aromatic carbocycles. The fourth-order valence-corrected chi connectivity index (χ4v) is 0.947. The minimum absolute atomic E-state index is 0.0688. The molecule has 0 aromatic heterocycles. The Kier molecular flexibility index (Phi) is 4.56. The lowest BCUT2D eigenvalue weighted by Gasteiger charge is -2.15. The molecule has 0 unspecified atom stereocenters. The van der Waals surface area contributed by atoms with Crippen LogP contribution in [0.5, 0.6) is 0 Å². The van der Waals surface area contributed by atoms with Gasteiger partial charge in [0, 0.05) is 5.41 Å². The number of hydrogen-bond donors (Lipinski definition) is 0. The topological polar surface area (TPSA) is 40.9 Å². The van der Waals surface area contributed by atoms with E-state index in [9.17, 15) is 4.79 Å². The van der Waals surface area contributed by atoms with Gasteiger partial charge < -0.3 is 0 Å². The predicted molar refractivity (Wildman–Crippen MR) is 57.6 cm³/mol. The van der Waals surface area contributed by atoms with Crippen molar-refractivity contribution < 1.29 is 4.79 Å². The molecule has 2 nitrogen and oxygen atoms in total. The van der Waals surface area contributed by atoms with Crippen LogP contribution in [0, 0.1) is 22.7 Å². The summed E-state index contributed by atoms with van der Waals surface area (Å²) < 4.78 is 0. The lowest BCUT2D eigenvalue weighted by Crippen LogP contribution is -2.21. The molecule has 0 aliphatic carbocycles. The summed E-state index contributed by atoms with van der Waals surface area (Å²) in [4.78, 5) is 11.7. The highest BCUT2D eigenvalue weighted by Crippen LogP contribution is 2.20. The molecule has 0 aromatic rings. The molecule has 0 saturated heterocycles. The van der Waals surface area contributed by atoms with Crippen molar-refractivity contribution in [2.24, 2.45) is 11.3 Å². The minimum atomic E-state index is -0.460. The monoisotopic (exact) mass is 193 g/mol. The van der Waals surface area contributed by atoms with Crippen molar-refractivity contribution in [2.45, 2.75) is 41.0 Å². The quantitative estimate of drug-likeness (QED) is 0.510. The van der Waals surface area contributed by atoms with Gasteiger partial charge in [-0.15, -0.1) is 0 Å². The van der Waals surface area contributed by atoms with Crippen LogP contribution in [-0.4, -0.2) is 5.78 Å². The van der Waals surface area contributed by atoms with Crippen LogP contribution in [0.3, 0.4) is 0 Å². The Hall–Kier alpha value is -1.10. The predicted octanol–water partition coefficient (Wildman–Crippen LogP) is 3.10. The molecule has 0 radical (unpaired) electrons. The van der Waals surface area contributed by atoms with Gasteiger partial charge in [-0.05, 0) is 12.3 Å². The minimum Gasteiger partial charge on any atom is -0.293 e. The van der Waals surface area contributed by atoms with Crippen molar-refractivity contribution in [1.82, 2.24) is 0 Å². The molecule has 0 atom stereocenters. The molecule has 0 saturated carbocycles. The zero-order valence-electron chi connectivity index (χ0n) is 9.72. The van der Waals surface area contributed by atoms with E-state index in [1.54, 1.807) is 6.08 Å². The first-order chi connectivity index (χ1) is 6.29. The molecule has 78 valence electrons. The van der Waals surface area contributed by atoms with Crippen LogP contribution in [0.25, 0.3) is 0 Å². The summed E-state index contributed by atoms with van der Waals surface area (Å²) in [5, 5.41) is 8.83. The van der Waals surface area contributed by atoms with Gasteiger partial charge >= 0.3 is 0 Å². The van der Waals surface area contributed by atoms with Crippen LogP contribution in [0.4, 0.5) is 0 Å². The maximum absolute atomic E-state index is 11.7. The van der Waals surface area contributed by atoms with Crippen molar-refractivity contribution in [3.05, 3.63) is 11.6 Å². The highest BCUT2D eigenvalue weighted by molar-refractivity contribution is 6.02. The average molecular weight is 193 g/mol. The average Bonchev–Trinajstić information content (AvgIpc) is 2.03. The summed E-state index contributed by atoms with van der Waals surface area (Å²) in [5.41, 5.74) is -0.162. The van der Waals surface area contributed by atoms with Crippen LogP contribution < -0.4 is 0 Å². The lowest BCUT2D eigenvalue weighted by atomic mass is 9.86. The van der Waals surface area contributed by atoms with E-state index < -0.39 is 5.41 Å². The first kappa shape index (κ1) is 12.9. The highest BCUT2D eigenvalue weighted by Gasteiger charge is 2.24. The molecular formula is C12H19NO. The van der Waals surface area contributed by atoms with Crippen LogP contribution in [0.2, 0.25) is 0 Å². The van der Waals surface area contributed by atoms with Gasteiger partial charge in [0.1, 0.15) is 6.07 Å². The molecule has 0 amide bonds. The maximum atomic E-state index is 11.7. The molecule has 0 aliphatic heterocycles. The third-order valence-electron chi connectivity index (χ3n) is 1.84. The van der Waals surface area contributed by atoms with Gasteiger partial charge in [-0.3, -0.25) is 4.79 Å². The van der Waals surface area contributed by atoms with Crippen LogP contribution in [0.1, 0.15) is 41.0 Å². The molecule has 0 bridgehead atoms. The van der Waals surface area contributed by atoms with Crippen LogP contribution in [0.15, 0.2) is 11.6 Å². The van der Waals surface area contributed by atoms with Crippen molar-refractivity contribution in [2.75, 3.05) is 0 Å². The largest absolute Gasteiger partial charge is 0.293 e. The van der Waals surface area contributed by atoms with Gasteiger partial charge in [0.15, 0.2) is 5.78 Å². The number of carbonyl (C=O) groups is 1. The van der Waals surface area contributed by atoms with Crippen molar-refractivity contribution in [3.8, 4) is 6.07 Å². The summed E-state index contributed by atoms with van der Waals surface area (Å²) in [7, 11) is 0. The van der Waals surface area contributed by atoms with Crippen molar-refractivity contribution in [1.29, 1.82) is 5.26 Å². The fraction of sp³-hybridized carbons (Fsp3) is 0.667. The second-order valence-electron chi connectivity index (χ2n) is 4.94. The van der Waals surface area contributed by atoms with E-state index in [-0.39, 0.29) is 5.78 Å². The number of rotatable bonds is 3. The lowest BCUT2D eigenvalue weighted by molar-refractivity contribution is -0.122.